The molecule has 1 unspecified atom stereocenters. The van der Waals surface area contributed by atoms with Crippen molar-refractivity contribution in [2.75, 3.05) is 11.9 Å². The van der Waals surface area contributed by atoms with Crippen LogP contribution in [-0.2, 0) is 4.79 Å². The van der Waals surface area contributed by atoms with Crippen LogP contribution in [0, 0.1) is 0 Å². The number of halogens is 1. The van der Waals surface area contributed by atoms with E-state index in [-0.39, 0.29) is 0 Å². The van der Waals surface area contributed by atoms with Gasteiger partial charge in [-0.3, -0.25) is 4.79 Å². The zero-order valence-corrected chi connectivity index (χ0v) is 11.3. The van der Waals surface area contributed by atoms with Crippen molar-refractivity contribution in [1.82, 2.24) is 4.90 Å². The summed E-state index contributed by atoms with van der Waals surface area (Å²) in [7, 11) is 0. The Morgan fingerprint density at radius 1 is 1.40 bits per heavy atom. The lowest BCUT2D eigenvalue weighted by Gasteiger charge is -2.35. The molecule has 1 atom stereocenters. The molecular weight excluding hydrogens is 254 g/mol. The molecule has 1 aliphatic rings. The molecule has 0 saturated carbocycles. The maximum absolute atomic E-state index is 12.0. The lowest BCUT2D eigenvalue weighted by atomic mass is 9.99. The lowest BCUT2D eigenvalue weighted by Crippen LogP contribution is -2.43. The van der Waals surface area contributed by atoms with E-state index in [1.165, 1.54) is 19.3 Å². The second-order valence-electron chi connectivity index (χ2n) is 4.29. The van der Waals surface area contributed by atoms with Gasteiger partial charge in [0.15, 0.2) is 0 Å². The molecule has 0 aliphatic carbocycles. The average molecular weight is 276 g/mol. The van der Waals surface area contributed by atoms with Gasteiger partial charge in [-0.05, 0) is 38.5 Å². The van der Waals surface area contributed by atoms with Crippen LogP contribution in [0.15, 0.2) is 0 Å². The predicted octanol–water partition coefficient (Wildman–Crippen LogP) is 3.34. The van der Waals surface area contributed by atoms with E-state index in [9.17, 15) is 4.79 Å². The van der Waals surface area contributed by atoms with Gasteiger partial charge in [0.2, 0.25) is 5.91 Å². The van der Waals surface area contributed by atoms with E-state index in [1.54, 1.807) is 0 Å². The Balaban J connectivity index is 2.34. The van der Waals surface area contributed by atoms with E-state index in [2.05, 4.69) is 27.8 Å². The van der Waals surface area contributed by atoms with Gasteiger partial charge >= 0.3 is 0 Å². The number of hydrogen-bond donors (Lipinski definition) is 0. The molecule has 1 aliphatic heterocycles. The summed E-state index contributed by atoms with van der Waals surface area (Å²) in [6.07, 6.45) is 7.69. The maximum atomic E-state index is 12.0. The van der Waals surface area contributed by atoms with Crippen molar-refractivity contribution in [2.45, 2.75) is 57.9 Å². The second-order valence-corrected chi connectivity index (χ2v) is 5.08. The highest BCUT2D eigenvalue weighted by atomic mass is 79.9. The molecule has 1 heterocycles. The van der Waals surface area contributed by atoms with Crippen LogP contribution in [0.3, 0.4) is 0 Å². The molecule has 0 aromatic rings. The SMILES string of the molecule is CCC1CCCCN1C(=O)CCCCBr. The van der Waals surface area contributed by atoms with Crippen LogP contribution in [0.2, 0.25) is 0 Å². The monoisotopic (exact) mass is 275 g/mol. The molecule has 0 N–H and O–H groups in total. The molecule has 1 amide bonds. The van der Waals surface area contributed by atoms with Gasteiger partial charge in [0, 0.05) is 24.3 Å². The van der Waals surface area contributed by atoms with Crippen LogP contribution in [0.4, 0.5) is 0 Å². The lowest BCUT2D eigenvalue weighted by molar-refractivity contribution is -0.135. The Labute approximate surface area is 102 Å². The van der Waals surface area contributed by atoms with Gasteiger partial charge in [0.05, 0.1) is 0 Å². The van der Waals surface area contributed by atoms with Crippen molar-refractivity contribution in [1.29, 1.82) is 0 Å². The Hall–Kier alpha value is -0.0500. The summed E-state index contributed by atoms with van der Waals surface area (Å²) >= 11 is 3.40. The smallest absolute Gasteiger partial charge is 0.222 e. The highest BCUT2D eigenvalue weighted by Crippen LogP contribution is 2.20. The quantitative estimate of drug-likeness (QED) is 0.557. The van der Waals surface area contributed by atoms with Crippen LogP contribution in [0.25, 0.3) is 0 Å². The maximum Gasteiger partial charge on any atom is 0.222 e. The van der Waals surface area contributed by atoms with Crippen molar-refractivity contribution < 1.29 is 4.79 Å². The van der Waals surface area contributed by atoms with Gasteiger partial charge in [-0.15, -0.1) is 0 Å². The van der Waals surface area contributed by atoms with E-state index >= 15 is 0 Å². The minimum absolute atomic E-state index is 0.377. The molecular formula is C12H22BrNO. The number of unbranched alkanes of at least 4 members (excludes halogenated alkanes) is 1. The molecule has 88 valence electrons. The number of amides is 1. The van der Waals surface area contributed by atoms with E-state index in [4.69, 9.17) is 0 Å². The summed E-state index contributed by atoms with van der Waals surface area (Å²) in [5.41, 5.74) is 0. The fourth-order valence-electron chi connectivity index (χ4n) is 2.27. The van der Waals surface area contributed by atoms with Gasteiger partial charge in [0.1, 0.15) is 0 Å². The van der Waals surface area contributed by atoms with Crippen molar-refractivity contribution in [3.05, 3.63) is 0 Å². The van der Waals surface area contributed by atoms with E-state index in [1.807, 2.05) is 0 Å². The summed E-state index contributed by atoms with van der Waals surface area (Å²) < 4.78 is 0. The Morgan fingerprint density at radius 2 is 2.20 bits per heavy atom. The summed E-state index contributed by atoms with van der Waals surface area (Å²) in [5.74, 6) is 0.377. The van der Waals surface area contributed by atoms with Crippen LogP contribution in [-0.4, -0.2) is 28.7 Å². The first-order valence-electron chi connectivity index (χ1n) is 6.15. The third kappa shape index (κ3) is 4.13. The van der Waals surface area contributed by atoms with Crippen LogP contribution < -0.4 is 0 Å². The van der Waals surface area contributed by atoms with Crippen molar-refractivity contribution >= 4 is 21.8 Å². The molecule has 0 aromatic carbocycles. The molecule has 15 heavy (non-hydrogen) atoms. The van der Waals surface area contributed by atoms with Crippen molar-refractivity contribution in [3.8, 4) is 0 Å². The molecule has 0 radical (unpaired) electrons. The largest absolute Gasteiger partial charge is 0.340 e. The van der Waals surface area contributed by atoms with Gasteiger partial charge < -0.3 is 4.90 Å². The Kier molecular flexibility index (Phi) is 6.30. The normalized spacial score (nSPS) is 21.7. The fraction of sp³-hybridized carbons (Fsp3) is 0.917. The summed E-state index contributed by atoms with van der Waals surface area (Å²) in [6.45, 7) is 3.18. The Bertz CT molecular complexity index is 196. The third-order valence-electron chi connectivity index (χ3n) is 3.19. The number of likely N-dealkylation sites (tertiary alicyclic amines) is 1. The zero-order chi connectivity index (χ0) is 11.1. The number of rotatable bonds is 5. The van der Waals surface area contributed by atoms with Crippen molar-refractivity contribution in [2.24, 2.45) is 0 Å². The predicted molar refractivity (Wildman–Crippen MR) is 67.3 cm³/mol. The molecule has 0 bridgehead atoms. The van der Waals surface area contributed by atoms with Crippen LogP contribution in [0.5, 0.6) is 0 Å². The highest BCUT2D eigenvalue weighted by Gasteiger charge is 2.24. The standard InChI is InChI=1S/C12H22BrNO/c1-2-11-7-4-6-10-14(11)12(15)8-3-5-9-13/h11H,2-10H2,1H3. The summed E-state index contributed by atoms with van der Waals surface area (Å²) in [6, 6.07) is 0.523. The van der Waals surface area contributed by atoms with E-state index < -0.39 is 0 Å². The molecule has 2 nitrogen and oxygen atoms in total. The number of nitrogens with zero attached hydrogens (tertiary/aromatic N) is 1. The average Bonchev–Trinajstić information content (AvgIpc) is 2.29. The molecule has 0 spiro atoms. The topological polar surface area (TPSA) is 20.3 Å². The van der Waals surface area contributed by atoms with Gasteiger partial charge in [-0.25, -0.2) is 0 Å². The molecule has 1 fully saturated rings. The van der Waals surface area contributed by atoms with E-state index in [0.29, 0.717) is 11.9 Å². The second kappa shape index (κ2) is 7.26. The zero-order valence-electron chi connectivity index (χ0n) is 9.67. The molecule has 0 aromatic heterocycles. The molecule has 1 rings (SSSR count). The molecule has 3 heteroatoms. The van der Waals surface area contributed by atoms with Crippen LogP contribution in [0.1, 0.15) is 51.9 Å². The Morgan fingerprint density at radius 3 is 2.87 bits per heavy atom. The minimum Gasteiger partial charge on any atom is -0.340 e. The minimum atomic E-state index is 0.377. The first kappa shape index (κ1) is 13.0. The van der Waals surface area contributed by atoms with Gasteiger partial charge in [0.25, 0.3) is 0 Å². The number of carbonyl (C=O) groups excluding carboxylic acids is 1. The fourth-order valence-corrected chi connectivity index (χ4v) is 2.66. The first-order valence-corrected chi connectivity index (χ1v) is 7.27. The van der Waals surface area contributed by atoms with E-state index in [0.717, 1.165) is 37.6 Å². The molecule has 1 saturated heterocycles. The van der Waals surface area contributed by atoms with Crippen LogP contribution >= 0.6 is 15.9 Å². The summed E-state index contributed by atoms with van der Waals surface area (Å²) in [5, 5.41) is 1.01. The number of carbonyl (C=O) groups is 1. The highest BCUT2D eigenvalue weighted by molar-refractivity contribution is 9.09. The number of piperidine rings is 1. The van der Waals surface area contributed by atoms with Gasteiger partial charge in [-0.2, -0.15) is 0 Å². The van der Waals surface area contributed by atoms with Gasteiger partial charge in [-0.1, -0.05) is 22.9 Å². The summed E-state index contributed by atoms with van der Waals surface area (Å²) in [4.78, 5) is 14.1. The number of hydrogen-bond acceptors (Lipinski definition) is 1. The number of alkyl halides is 1. The first-order chi connectivity index (χ1) is 7.29. The van der Waals surface area contributed by atoms with Crippen molar-refractivity contribution in [3.63, 3.8) is 0 Å². The third-order valence-corrected chi connectivity index (χ3v) is 3.75.